The van der Waals surface area contributed by atoms with Crippen molar-refractivity contribution in [2.75, 3.05) is 31.6 Å². The van der Waals surface area contributed by atoms with Crippen LogP contribution in [0.4, 0.5) is 5.82 Å². The van der Waals surface area contributed by atoms with Crippen molar-refractivity contribution in [2.24, 2.45) is 0 Å². The number of aromatic nitrogens is 1. The molecule has 2 heterocycles. The fourth-order valence-corrected chi connectivity index (χ4v) is 2.80. The fraction of sp³-hybridized carbons (Fsp3) is 0.643. The molecule has 2 rings (SSSR count). The van der Waals surface area contributed by atoms with Crippen LogP contribution in [0.1, 0.15) is 25.3 Å². The zero-order chi connectivity index (χ0) is 13.8. The van der Waals surface area contributed by atoms with Crippen molar-refractivity contribution in [3.63, 3.8) is 0 Å². The largest absolute Gasteiger partial charge is 0.392 e. The molecule has 1 saturated heterocycles. The minimum absolute atomic E-state index is 0.0428. The lowest BCUT2D eigenvalue weighted by Crippen LogP contribution is -2.40. The Morgan fingerprint density at radius 1 is 1.47 bits per heavy atom. The van der Waals surface area contributed by atoms with E-state index in [2.05, 4.69) is 28.8 Å². The van der Waals surface area contributed by atoms with Crippen LogP contribution in [0.5, 0.6) is 0 Å². The number of halogens is 1. The smallest absolute Gasteiger partial charge is 0.129 e. The van der Waals surface area contributed by atoms with E-state index < -0.39 is 0 Å². The Balaban J connectivity index is 2.27. The van der Waals surface area contributed by atoms with Gasteiger partial charge < -0.3 is 14.9 Å². The van der Waals surface area contributed by atoms with Crippen LogP contribution >= 0.6 is 11.6 Å². The molecule has 0 spiro atoms. The number of anilines is 1. The molecule has 106 valence electrons. The lowest BCUT2D eigenvalue weighted by atomic mass is 10.1. The third-order valence-electron chi connectivity index (χ3n) is 3.76. The Morgan fingerprint density at radius 3 is 2.95 bits per heavy atom. The molecule has 0 radical (unpaired) electrons. The molecule has 0 aliphatic carbocycles. The standard InChI is InChI=1S/C14H22ClN3O/c1-3-12-9-17(2)5-4-6-18(12)14-7-11(10-19)13(15)8-16-14/h7-8,12,19H,3-6,9-10H2,1-2H3. The maximum absolute atomic E-state index is 9.32. The van der Waals surface area contributed by atoms with Gasteiger partial charge in [0.1, 0.15) is 5.82 Å². The Labute approximate surface area is 120 Å². The third-order valence-corrected chi connectivity index (χ3v) is 4.10. The summed E-state index contributed by atoms with van der Waals surface area (Å²) in [5.74, 6) is 0.926. The van der Waals surface area contributed by atoms with E-state index in [9.17, 15) is 5.11 Å². The van der Waals surface area contributed by atoms with E-state index in [1.54, 1.807) is 6.20 Å². The lowest BCUT2D eigenvalue weighted by Gasteiger charge is -2.31. The zero-order valence-corrected chi connectivity index (χ0v) is 12.4. The van der Waals surface area contributed by atoms with Crippen LogP contribution in [0.2, 0.25) is 5.02 Å². The maximum atomic E-state index is 9.32. The van der Waals surface area contributed by atoms with E-state index in [0.29, 0.717) is 11.1 Å². The average molecular weight is 284 g/mol. The second kappa shape index (κ2) is 6.55. The second-order valence-corrected chi connectivity index (χ2v) is 5.57. The number of pyridine rings is 1. The summed E-state index contributed by atoms with van der Waals surface area (Å²) in [5.41, 5.74) is 0.749. The molecule has 5 heteroatoms. The molecule has 19 heavy (non-hydrogen) atoms. The molecular weight excluding hydrogens is 262 g/mol. The first-order valence-electron chi connectivity index (χ1n) is 6.86. The Hall–Kier alpha value is -0.840. The summed E-state index contributed by atoms with van der Waals surface area (Å²) in [5, 5.41) is 9.86. The van der Waals surface area contributed by atoms with E-state index in [1.165, 1.54) is 0 Å². The average Bonchev–Trinajstić information content (AvgIpc) is 2.60. The van der Waals surface area contributed by atoms with Gasteiger partial charge in [0.25, 0.3) is 0 Å². The SMILES string of the molecule is CCC1CN(C)CCCN1c1cc(CO)c(Cl)cn1. The first kappa shape index (κ1) is 14.6. The number of rotatable bonds is 3. The molecule has 1 aliphatic heterocycles. The highest BCUT2D eigenvalue weighted by atomic mass is 35.5. The number of hydrogen-bond donors (Lipinski definition) is 1. The summed E-state index contributed by atoms with van der Waals surface area (Å²) in [6, 6.07) is 2.38. The van der Waals surface area contributed by atoms with Gasteiger partial charge >= 0.3 is 0 Å². The van der Waals surface area contributed by atoms with Crippen LogP contribution in [0.25, 0.3) is 0 Å². The normalized spacial score (nSPS) is 21.5. The maximum Gasteiger partial charge on any atom is 0.129 e. The van der Waals surface area contributed by atoms with Crippen LogP contribution in [-0.4, -0.2) is 47.7 Å². The first-order valence-corrected chi connectivity index (χ1v) is 7.24. The minimum atomic E-state index is -0.0428. The van der Waals surface area contributed by atoms with E-state index in [1.807, 2.05) is 6.07 Å². The highest BCUT2D eigenvalue weighted by molar-refractivity contribution is 6.31. The predicted octanol–water partition coefficient (Wildman–Crippen LogP) is 2.15. The van der Waals surface area contributed by atoms with Crippen LogP contribution in [0.15, 0.2) is 12.3 Å². The van der Waals surface area contributed by atoms with Crippen molar-refractivity contribution in [1.82, 2.24) is 9.88 Å². The number of aliphatic hydroxyl groups is 1. The molecule has 0 amide bonds. The van der Waals surface area contributed by atoms with Gasteiger partial charge in [-0.3, -0.25) is 0 Å². The summed E-state index contributed by atoms with van der Waals surface area (Å²) >= 11 is 6.01. The Kier molecular flexibility index (Phi) is 5.02. The van der Waals surface area contributed by atoms with Gasteiger partial charge in [0.2, 0.25) is 0 Å². The zero-order valence-electron chi connectivity index (χ0n) is 11.6. The number of likely N-dealkylation sites (N-methyl/N-ethyl adjacent to an activating group) is 1. The molecule has 1 fully saturated rings. The van der Waals surface area contributed by atoms with E-state index in [-0.39, 0.29) is 6.61 Å². The summed E-state index contributed by atoms with van der Waals surface area (Å²) in [6.07, 6.45) is 3.86. The third kappa shape index (κ3) is 3.38. The minimum Gasteiger partial charge on any atom is -0.392 e. The fourth-order valence-electron chi connectivity index (χ4n) is 2.64. The second-order valence-electron chi connectivity index (χ2n) is 5.16. The molecule has 0 saturated carbocycles. The molecule has 1 aliphatic rings. The highest BCUT2D eigenvalue weighted by Crippen LogP contribution is 2.24. The van der Waals surface area contributed by atoms with Crippen LogP contribution < -0.4 is 4.90 Å². The van der Waals surface area contributed by atoms with Gasteiger partial charge in [-0.2, -0.15) is 0 Å². The predicted molar refractivity (Wildman–Crippen MR) is 78.7 cm³/mol. The number of hydrogen-bond acceptors (Lipinski definition) is 4. The Morgan fingerprint density at radius 2 is 2.26 bits per heavy atom. The van der Waals surface area contributed by atoms with E-state index in [0.717, 1.165) is 43.9 Å². The summed E-state index contributed by atoms with van der Waals surface area (Å²) in [7, 11) is 2.17. The van der Waals surface area contributed by atoms with Gasteiger partial charge in [-0.1, -0.05) is 18.5 Å². The van der Waals surface area contributed by atoms with Crippen molar-refractivity contribution in [1.29, 1.82) is 0 Å². The molecular formula is C14H22ClN3O. The topological polar surface area (TPSA) is 39.6 Å². The lowest BCUT2D eigenvalue weighted by molar-refractivity contribution is 0.282. The van der Waals surface area contributed by atoms with Gasteiger partial charge in [0.15, 0.2) is 0 Å². The molecule has 1 aromatic heterocycles. The molecule has 1 N–H and O–H groups in total. The van der Waals surface area contributed by atoms with Crippen molar-refractivity contribution in [3.05, 3.63) is 22.8 Å². The van der Waals surface area contributed by atoms with Gasteiger partial charge in [0, 0.05) is 30.9 Å². The van der Waals surface area contributed by atoms with Crippen LogP contribution in [0, 0.1) is 0 Å². The summed E-state index contributed by atoms with van der Waals surface area (Å²) in [6.45, 7) is 5.34. The van der Waals surface area contributed by atoms with E-state index >= 15 is 0 Å². The van der Waals surface area contributed by atoms with Crippen molar-refractivity contribution in [3.8, 4) is 0 Å². The monoisotopic (exact) mass is 283 g/mol. The van der Waals surface area contributed by atoms with Gasteiger partial charge in [-0.25, -0.2) is 4.98 Å². The number of nitrogens with zero attached hydrogens (tertiary/aromatic N) is 3. The molecule has 0 bridgehead atoms. The quantitative estimate of drug-likeness (QED) is 0.923. The Bertz CT molecular complexity index is 427. The first-order chi connectivity index (χ1) is 9.15. The van der Waals surface area contributed by atoms with Gasteiger partial charge in [-0.05, 0) is 32.5 Å². The summed E-state index contributed by atoms with van der Waals surface area (Å²) < 4.78 is 0. The molecule has 1 aromatic rings. The summed E-state index contributed by atoms with van der Waals surface area (Å²) in [4.78, 5) is 9.16. The van der Waals surface area contributed by atoms with Crippen molar-refractivity contribution >= 4 is 17.4 Å². The van der Waals surface area contributed by atoms with Crippen LogP contribution in [0.3, 0.4) is 0 Å². The van der Waals surface area contributed by atoms with Crippen molar-refractivity contribution < 1.29 is 5.11 Å². The molecule has 0 aromatic carbocycles. The highest BCUT2D eigenvalue weighted by Gasteiger charge is 2.23. The van der Waals surface area contributed by atoms with Gasteiger partial charge in [0.05, 0.1) is 11.6 Å². The van der Waals surface area contributed by atoms with Gasteiger partial charge in [-0.15, -0.1) is 0 Å². The molecule has 1 unspecified atom stereocenters. The van der Waals surface area contributed by atoms with E-state index in [4.69, 9.17) is 11.6 Å². The molecule has 4 nitrogen and oxygen atoms in total. The molecule has 1 atom stereocenters. The van der Waals surface area contributed by atoms with Crippen LogP contribution in [-0.2, 0) is 6.61 Å². The van der Waals surface area contributed by atoms with Crippen molar-refractivity contribution in [2.45, 2.75) is 32.4 Å². The number of aliphatic hydroxyl groups excluding tert-OH is 1.